The van der Waals surface area contributed by atoms with E-state index in [-0.39, 0.29) is 34.1 Å². The lowest BCUT2D eigenvalue weighted by Crippen LogP contribution is -2.50. The molecule has 0 N–H and O–H groups in total. The minimum absolute atomic E-state index is 0.0410. The largest absolute Gasteiger partial charge is 0.462 e. The van der Waals surface area contributed by atoms with Crippen molar-refractivity contribution in [3.8, 4) is 0 Å². The predicted molar refractivity (Wildman–Crippen MR) is 117 cm³/mol. The van der Waals surface area contributed by atoms with Crippen LogP contribution in [-0.4, -0.2) is 17.4 Å². The van der Waals surface area contributed by atoms with E-state index < -0.39 is 0 Å². The number of rotatable bonds is 1. The Morgan fingerprint density at radius 2 is 1.87 bits per heavy atom. The molecule has 1 aromatic heterocycles. The van der Waals surface area contributed by atoms with E-state index in [9.17, 15) is 9.59 Å². The van der Waals surface area contributed by atoms with Gasteiger partial charge in [0.1, 0.15) is 17.1 Å². The molecular weight excluding hydrogens is 388 g/mol. The van der Waals surface area contributed by atoms with Gasteiger partial charge in [0.15, 0.2) is 5.78 Å². The van der Waals surface area contributed by atoms with Gasteiger partial charge in [-0.2, -0.15) is 0 Å². The molecule has 2 fully saturated rings. The van der Waals surface area contributed by atoms with Crippen LogP contribution in [0, 0.1) is 29.6 Å². The van der Waals surface area contributed by atoms with Crippen LogP contribution in [0.5, 0.6) is 0 Å². The molecular formula is C27H30O4. The average Bonchev–Trinajstić information content (AvgIpc) is 3.41. The summed E-state index contributed by atoms with van der Waals surface area (Å²) < 4.78 is 12.2. The zero-order valence-corrected chi connectivity index (χ0v) is 18.6. The fraction of sp³-hybridized carbons (Fsp3) is 0.556. The standard InChI is InChI=1S/C27H30O4/c1-16-4-5-22(30-16)19-15-17-14-18(28)6-10-25(17,2)20-7-11-26(3)21(24(19)20)8-12-27(26)13-9-23(29)31-27/h4-5,7,14-15,21,24H,6,8-13H2,1-3H3/t21-,24+,25-,26-,27+/m0/s1. The molecule has 6 rings (SSSR count). The number of ketones is 1. The summed E-state index contributed by atoms with van der Waals surface area (Å²) >= 11 is 0. The minimum Gasteiger partial charge on any atom is -0.462 e. The van der Waals surface area contributed by atoms with Crippen LogP contribution in [0.1, 0.15) is 70.3 Å². The molecule has 5 atom stereocenters. The van der Waals surface area contributed by atoms with Gasteiger partial charge in [-0.25, -0.2) is 0 Å². The van der Waals surface area contributed by atoms with E-state index in [0.29, 0.717) is 18.8 Å². The SMILES string of the molecule is Cc1ccc(C2=CC3=CC(=O)CC[C@]3(C)C3=CC[C@@]4(C)[C@@H](CC[C@@]45CCC(=O)O5)[C@H]23)o1. The number of hydrogen-bond donors (Lipinski definition) is 0. The van der Waals surface area contributed by atoms with Crippen LogP contribution >= 0.6 is 0 Å². The minimum atomic E-state index is -0.333. The van der Waals surface area contributed by atoms with Crippen LogP contribution in [-0.2, 0) is 14.3 Å². The van der Waals surface area contributed by atoms with Gasteiger partial charge in [-0.3, -0.25) is 9.59 Å². The van der Waals surface area contributed by atoms with Gasteiger partial charge in [-0.1, -0.05) is 31.6 Å². The zero-order valence-electron chi connectivity index (χ0n) is 18.6. The topological polar surface area (TPSA) is 56.5 Å². The van der Waals surface area contributed by atoms with Crippen LogP contribution in [0.2, 0.25) is 0 Å². The number of ether oxygens (including phenoxy) is 1. The number of furan rings is 1. The molecule has 0 amide bonds. The van der Waals surface area contributed by atoms with E-state index in [4.69, 9.17) is 9.15 Å². The fourth-order valence-corrected chi connectivity index (χ4v) is 7.53. The van der Waals surface area contributed by atoms with Crippen molar-refractivity contribution in [2.24, 2.45) is 22.7 Å². The lowest BCUT2D eigenvalue weighted by molar-refractivity contribution is -0.159. The second-order valence-electron chi connectivity index (χ2n) is 10.8. The third-order valence-corrected chi connectivity index (χ3v) is 9.38. The van der Waals surface area contributed by atoms with Crippen molar-refractivity contribution in [3.63, 3.8) is 0 Å². The maximum Gasteiger partial charge on any atom is 0.306 e. The van der Waals surface area contributed by atoms with Crippen LogP contribution in [0.4, 0.5) is 0 Å². The molecule has 5 aliphatic rings. The van der Waals surface area contributed by atoms with Gasteiger partial charge in [0.25, 0.3) is 0 Å². The maximum atomic E-state index is 12.3. The van der Waals surface area contributed by atoms with E-state index in [2.05, 4.69) is 32.1 Å². The van der Waals surface area contributed by atoms with E-state index in [1.807, 2.05) is 19.1 Å². The van der Waals surface area contributed by atoms with E-state index in [1.54, 1.807) is 0 Å². The van der Waals surface area contributed by atoms with Gasteiger partial charge < -0.3 is 9.15 Å². The highest BCUT2D eigenvalue weighted by molar-refractivity contribution is 5.94. The first-order valence-corrected chi connectivity index (χ1v) is 11.7. The number of hydrogen-bond acceptors (Lipinski definition) is 4. The molecule has 1 saturated heterocycles. The Morgan fingerprint density at radius 1 is 1.03 bits per heavy atom. The first kappa shape index (κ1) is 19.3. The maximum absolute atomic E-state index is 12.3. The number of allylic oxidation sites excluding steroid dienone is 6. The molecule has 0 aromatic carbocycles. The number of fused-ring (bicyclic) bond motifs is 6. The lowest BCUT2D eigenvalue weighted by atomic mass is 9.50. The van der Waals surface area contributed by atoms with Crippen LogP contribution < -0.4 is 0 Å². The van der Waals surface area contributed by atoms with Crippen molar-refractivity contribution in [2.45, 2.75) is 71.3 Å². The molecule has 0 bridgehead atoms. The third-order valence-electron chi connectivity index (χ3n) is 9.38. The van der Waals surface area contributed by atoms with Gasteiger partial charge in [0.05, 0.1) is 0 Å². The van der Waals surface area contributed by atoms with Crippen molar-refractivity contribution in [1.29, 1.82) is 0 Å². The molecule has 0 radical (unpaired) electrons. The molecule has 0 unspecified atom stereocenters. The number of esters is 1. The molecule has 1 spiro atoms. The Hall–Kier alpha value is -2.36. The lowest BCUT2D eigenvalue weighted by Gasteiger charge is -2.54. The van der Waals surface area contributed by atoms with Crippen molar-refractivity contribution < 1.29 is 18.7 Å². The highest BCUT2D eigenvalue weighted by Crippen LogP contribution is 2.69. The van der Waals surface area contributed by atoms with Gasteiger partial charge in [-0.15, -0.1) is 0 Å². The van der Waals surface area contributed by atoms with Crippen LogP contribution in [0.15, 0.2) is 45.9 Å². The summed E-state index contributed by atoms with van der Waals surface area (Å²) in [6.45, 7) is 6.64. The molecule has 31 heavy (non-hydrogen) atoms. The average molecular weight is 419 g/mol. The highest BCUT2D eigenvalue weighted by Gasteiger charge is 2.66. The molecule has 1 saturated carbocycles. The summed E-state index contributed by atoms with van der Waals surface area (Å²) in [6, 6.07) is 4.09. The summed E-state index contributed by atoms with van der Waals surface area (Å²) in [5, 5.41) is 0. The smallest absolute Gasteiger partial charge is 0.306 e. The summed E-state index contributed by atoms with van der Waals surface area (Å²) in [4.78, 5) is 24.5. The molecule has 162 valence electrons. The Bertz CT molecular complexity index is 1100. The van der Waals surface area contributed by atoms with Crippen LogP contribution in [0.25, 0.3) is 5.57 Å². The molecule has 4 heteroatoms. The Morgan fingerprint density at radius 3 is 2.58 bits per heavy atom. The Labute approximate surface area is 183 Å². The van der Waals surface area contributed by atoms with Crippen LogP contribution in [0.3, 0.4) is 0 Å². The second kappa shape index (κ2) is 6.11. The van der Waals surface area contributed by atoms with E-state index in [1.165, 1.54) is 11.1 Å². The van der Waals surface area contributed by atoms with Gasteiger partial charge in [0.2, 0.25) is 0 Å². The summed E-state index contributed by atoms with van der Waals surface area (Å²) in [5.41, 5.74) is 3.25. The number of aryl methyl sites for hydroxylation is 1. The first-order valence-electron chi connectivity index (χ1n) is 11.7. The van der Waals surface area contributed by atoms with Crippen molar-refractivity contribution in [3.05, 3.63) is 53.0 Å². The molecule has 1 aromatic rings. The summed E-state index contributed by atoms with van der Waals surface area (Å²) in [5.74, 6) is 2.61. The van der Waals surface area contributed by atoms with Crippen molar-refractivity contribution in [2.75, 3.05) is 0 Å². The molecule has 2 heterocycles. The highest BCUT2D eigenvalue weighted by atomic mass is 16.6. The molecule has 4 nitrogen and oxygen atoms in total. The summed E-state index contributed by atoms with van der Waals surface area (Å²) in [7, 11) is 0. The van der Waals surface area contributed by atoms with Gasteiger partial charge in [-0.05, 0) is 68.7 Å². The predicted octanol–water partition coefficient (Wildman–Crippen LogP) is 5.72. The van der Waals surface area contributed by atoms with Crippen molar-refractivity contribution in [1.82, 2.24) is 0 Å². The Kier molecular flexibility index (Phi) is 3.81. The molecule has 4 aliphatic carbocycles. The van der Waals surface area contributed by atoms with Crippen molar-refractivity contribution >= 4 is 17.3 Å². The monoisotopic (exact) mass is 418 g/mol. The number of carbonyl (C=O) groups excluding carboxylic acids is 2. The summed E-state index contributed by atoms with van der Waals surface area (Å²) in [6.07, 6.45) is 12.3. The quantitative estimate of drug-likeness (QED) is 0.432. The Balaban J connectivity index is 1.54. The first-order chi connectivity index (χ1) is 14.8. The molecule has 1 aliphatic heterocycles. The van der Waals surface area contributed by atoms with E-state index >= 15 is 0 Å². The fourth-order valence-electron chi connectivity index (χ4n) is 7.53. The second-order valence-corrected chi connectivity index (χ2v) is 10.8. The van der Waals surface area contributed by atoms with Gasteiger partial charge in [0, 0.05) is 35.2 Å². The van der Waals surface area contributed by atoms with Gasteiger partial charge >= 0.3 is 5.97 Å². The normalized spacial score (nSPS) is 41.2. The number of carbonyl (C=O) groups is 2. The zero-order chi connectivity index (χ0) is 21.6. The van der Waals surface area contributed by atoms with E-state index in [0.717, 1.165) is 49.2 Å². The third kappa shape index (κ3) is 2.42.